The van der Waals surface area contributed by atoms with E-state index in [0.717, 1.165) is 19.3 Å². The summed E-state index contributed by atoms with van der Waals surface area (Å²) in [4.78, 5) is 0. The van der Waals surface area contributed by atoms with Crippen LogP contribution in [0.4, 0.5) is 0 Å². The van der Waals surface area contributed by atoms with Crippen LogP contribution in [0.3, 0.4) is 0 Å². The van der Waals surface area contributed by atoms with Crippen LogP contribution in [0.15, 0.2) is 0 Å². The van der Waals surface area contributed by atoms with E-state index in [-0.39, 0.29) is 0 Å². The van der Waals surface area contributed by atoms with E-state index in [1.807, 2.05) is 0 Å². The normalized spacial score (nSPS) is 33.2. The fourth-order valence-corrected chi connectivity index (χ4v) is 2.67. The van der Waals surface area contributed by atoms with Crippen LogP contribution in [0, 0.1) is 0 Å². The molecule has 0 aromatic carbocycles. The highest BCUT2D eigenvalue weighted by Crippen LogP contribution is 2.34. The molecule has 1 fully saturated rings. The zero-order valence-electron chi connectivity index (χ0n) is 8.67. The molecule has 0 spiro atoms. The third-order valence-corrected chi connectivity index (χ3v) is 4.47. The Balaban J connectivity index is 2.25. The lowest BCUT2D eigenvalue weighted by Gasteiger charge is -2.36. The average molecular weight is 314 g/mol. The number of ether oxygens (including phenoxy) is 2. The summed E-state index contributed by atoms with van der Waals surface area (Å²) in [6.45, 7) is 1.62. The van der Waals surface area contributed by atoms with Crippen molar-refractivity contribution in [1.82, 2.24) is 0 Å². The molecule has 1 rings (SSSR count). The molecule has 14 heavy (non-hydrogen) atoms. The first-order valence-corrected chi connectivity index (χ1v) is 6.37. The van der Waals surface area contributed by atoms with Crippen LogP contribution >= 0.6 is 22.6 Å². The van der Waals surface area contributed by atoms with Crippen LogP contribution in [0.2, 0.25) is 0 Å². The van der Waals surface area contributed by atoms with Crippen LogP contribution < -0.4 is 0 Å². The van der Waals surface area contributed by atoms with Gasteiger partial charge in [-0.3, -0.25) is 0 Å². The van der Waals surface area contributed by atoms with Crippen molar-refractivity contribution in [2.75, 3.05) is 26.9 Å². The van der Waals surface area contributed by atoms with E-state index in [1.54, 1.807) is 7.11 Å². The molecule has 1 aliphatic rings. The summed E-state index contributed by atoms with van der Waals surface area (Å²) in [5.74, 6) is 0. The second-order valence-corrected chi connectivity index (χ2v) is 5.37. The summed E-state index contributed by atoms with van der Waals surface area (Å²) in [5, 5.41) is 10.3. The smallest absolute Gasteiger partial charge is 0.0996 e. The number of hydrogen-bond donors (Lipinski definition) is 1. The van der Waals surface area contributed by atoms with Crippen LogP contribution in [-0.4, -0.2) is 41.6 Å². The molecule has 0 amide bonds. The maximum atomic E-state index is 10.3. The van der Waals surface area contributed by atoms with Crippen LogP contribution in [0.25, 0.3) is 0 Å². The Morgan fingerprint density at radius 2 is 2.21 bits per heavy atom. The van der Waals surface area contributed by atoms with Crippen molar-refractivity contribution in [3.63, 3.8) is 0 Å². The summed E-state index contributed by atoms with van der Waals surface area (Å²) < 4.78 is 10.6. The van der Waals surface area contributed by atoms with Crippen molar-refractivity contribution in [2.24, 2.45) is 0 Å². The van der Waals surface area contributed by atoms with Crippen LogP contribution in [0.1, 0.15) is 25.7 Å². The van der Waals surface area contributed by atoms with Crippen molar-refractivity contribution >= 4 is 22.6 Å². The van der Waals surface area contributed by atoms with Gasteiger partial charge < -0.3 is 14.6 Å². The average Bonchev–Trinajstić information content (AvgIpc) is 2.18. The molecule has 0 aliphatic heterocycles. The molecule has 1 saturated carbocycles. The first kappa shape index (κ1) is 12.7. The van der Waals surface area contributed by atoms with E-state index < -0.39 is 5.60 Å². The van der Waals surface area contributed by atoms with Crippen LogP contribution in [0.5, 0.6) is 0 Å². The molecule has 1 aliphatic carbocycles. The van der Waals surface area contributed by atoms with Gasteiger partial charge in [0.15, 0.2) is 0 Å². The van der Waals surface area contributed by atoms with Gasteiger partial charge in [-0.2, -0.15) is 0 Å². The van der Waals surface area contributed by atoms with E-state index in [4.69, 9.17) is 9.47 Å². The second kappa shape index (κ2) is 6.25. The van der Waals surface area contributed by atoms with E-state index in [9.17, 15) is 5.11 Å². The number of hydrogen-bond acceptors (Lipinski definition) is 3. The fraction of sp³-hybridized carbons (Fsp3) is 1.00. The summed E-state index contributed by atoms with van der Waals surface area (Å²) in [5.41, 5.74) is -0.605. The molecule has 0 heterocycles. The standard InChI is InChI=1S/C10H19IO3/c1-13-6-7-14-8-10(12)5-3-2-4-9(10)11/h9,12H,2-8H2,1H3. The minimum absolute atomic E-state index is 0.330. The largest absolute Gasteiger partial charge is 0.386 e. The lowest BCUT2D eigenvalue weighted by atomic mass is 9.85. The van der Waals surface area contributed by atoms with E-state index >= 15 is 0 Å². The SMILES string of the molecule is COCCOCC1(O)CCCCC1I. The van der Waals surface area contributed by atoms with Crippen molar-refractivity contribution < 1.29 is 14.6 Å². The molecule has 3 nitrogen and oxygen atoms in total. The Morgan fingerprint density at radius 1 is 1.43 bits per heavy atom. The molecule has 2 unspecified atom stereocenters. The molecule has 0 radical (unpaired) electrons. The number of aliphatic hydroxyl groups is 1. The molecule has 4 heteroatoms. The first-order valence-electron chi connectivity index (χ1n) is 5.12. The zero-order valence-corrected chi connectivity index (χ0v) is 10.8. The van der Waals surface area contributed by atoms with Gasteiger partial charge in [0.1, 0.15) is 0 Å². The zero-order chi connectivity index (χ0) is 10.4. The highest BCUT2D eigenvalue weighted by Gasteiger charge is 2.37. The Morgan fingerprint density at radius 3 is 2.86 bits per heavy atom. The van der Waals surface area contributed by atoms with Gasteiger partial charge in [0.2, 0.25) is 0 Å². The highest BCUT2D eigenvalue weighted by molar-refractivity contribution is 14.1. The predicted molar refractivity (Wildman–Crippen MR) is 63.9 cm³/mol. The second-order valence-electron chi connectivity index (χ2n) is 3.86. The number of alkyl halides is 1. The first-order chi connectivity index (χ1) is 6.69. The number of halogens is 1. The Labute approximate surface area is 99.3 Å². The molecule has 1 N–H and O–H groups in total. The lowest BCUT2D eigenvalue weighted by molar-refractivity contribution is -0.0676. The summed E-state index contributed by atoms with van der Waals surface area (Å²) >= 11 is 2.34. The highest BCUT2D eigenvalue weighted by atomic mass is 127. The molecule has 84 valence electrons. The molecule has 2 atom stereocenters. The van der Waals surface area contributed by atoms with Crippen molar-refractivity contribution in [2.45, 2.75) is 35.2 Å². The summed E-state index contributed by atoms with van der Waals surface area (Å²) in [6.07, 6.45) is 4.32. The third-order valence-electron chi connectivity index (χ3n) is 2.68. The van der Waals surface area contributed by atoms with Crippen molar-refractivity contribution in [1.29, 1.82) is 0 Å². The molecule has 0 aromatic heterocycles. The molecule has 0 saturated heterocycles. The Hall–Kier alpha value is 0.610. The van der Waals surface area contributed by atoms with Crippen molar-refractivity contribution in [3.05, 3.63) is 0 Å². The molecular weight excluding hydrogens is 295 g/mol. The van der Waals surface area contributed by atoms with Crippen LogP contribution in [-0.2, 0) is 9.47 Å². The van der Waals surface area contributed by atoms with E-state index in [0.29, 0.717) is 23.7 Å². The van der Waals surface area contributed by atoms with Crippen molar-refractivity contribution in [3.8, 4) is 0 Å². The van der Waals surface area contributed by atoms with Gasteiger partial charge >= 0.3 is 0 Å². The van der Waals surface area contributed by atoms with Gasteiger partial charge in [0.25, 0.3) is 0 Å². The predicted octanol–water partition coefficient (Wildman–Crippen LogP) is 1.76. The van der Waals surface area contributed by atoms with Gasteiger partial charge in [0, 0.05) is 11.0 Å². The maximum absolute atomic E-state index is 10.3. The fourth-order valence-electron chi connectivity index (χ4n) is 1.73. The van der Waals surface area contributed by atoms with Gasteiger partial charge in [-0.05, 0) is 12.8 Å². The van der Waals surface area contributed by atoms with Gasteiger partial charge in [-0.1, -0.05) is 35.4 Å². The Bertz CT molecular complexity index is 165. The minimum Gasteiger partial charge on any atom is -0.386 e. The number of rotatable bonds is 5. The maximum Gasteiger partial charge on any atom is 0.0996 e. The Kier molecular flexibility index (Phi) is 5.66. The molecular formula is C10H19IO3. The van der Waals surface area contributed by atoms with E-state index in [1.165, 1.54) is 6.42 Å². The van der Waals surface area contributed by atoms with E-state index in [2.05, 4.69) is 22.6 Å². The monoisotopic (exact) mass is 314 g/mol. The quantitative estimate of drug-likeness (QED) is 0.477. The molecule has 0 bridgehead atoms. The number of methoxy groups -OCH3 is 1. The lowest BCUT2D eigenvalue weighted by Crippen LogP contribution is -2.45. The molecule has 0 aromatic rings. The third kappa shape index (κ3) is 3.64. The topological polar surface area (TPSA) is 38.7 Å². The summed E-state index contributed by atoms with van der Waals surface area (Å²) in [6, 6.07) is 0. The van der Waals surface area contributed by atoms with Gasteiger partial charge in [-0.15, -0.1) is 0 Å². The van der Waals surface area contributed by atoms with Gasteiger partial charge in [-0.25, -0.2) is 0 Å². The van der Waals surface area contributed by atoms with Gasteiger partial charge in [0.05, 0.1) is 25.4 Å². The summed E-state index contributed by atoms with van der Waals surface area (Å²) in [7, 11) is 1.65. The minimum atomic E-state index is -0.605.